The van der Waals surface area contributed by atoms with Crippen LogP contribution in [0.25, 0.3) is 10.8 Å². The van der Waals surface area contributed by atoms with E-state index in [0.717, 1.165) is 16.5 Å². The van der Waals surface area contributed by atoms with Crippen molar-refractivity contribution in [3.8, 4) is 23.0 Å². The zero-order chi connectivity index (χ0) is 29.0. The highest BCUT2D eigenvalue weighted by Gasteiger charge is 2.41. The molecule has 39 heavy (non-hydrogen) atoms. The molecular weight excluding hydrogens is 510 g/mol. The van der Waals surface area contributed by atoms with E-state index in [1.54, 1.807) is 28.4 Å². The van der Waals surface area contributed by atoms with Gasteiger partial charge in [-0.1, -0.05) is 51.1 Å². The molecule has 0 aliphatic carbocycles. The van der Waals surface area contributed by atoms with E-state index in [1.165, 1.54) is 0 Å². The van der Waals surface area contributed by atoms with Crippen molar-refractivity contribution in [2.45, 2.75) is 64.4 Å². The van der Waals surface area contributed by atoms with Gasteiger partial charge in [0.25, 0.3) is 0 Å². The van der Waals surface area contributed by atoms with Crippen molar-refractivity contribution in [3.63, 3.8) is 0 Å². The predicted octanol–water partition coefficient (Wildman–Crippen LogP) is 7.20. The smallest absolute Gasteiger partial charge is 0.223 e. The fraction of sp³-hybridized carbons (Fsp3) is 0.452. The molecule has 0 aliphatic heterocycles. The molecule has 2 atom stereocenters. The van der Waals surface area contributed by atoms with Crippen LogP contribution in [0.15, 0.2) is 48.5 Å². The van der Waals surface area contributed by atoms with Crippen LogP contribution in [0, 0.1) is 0 Å². The van der Waals surface area contributed by atoms with Crippen LogP contribution in [0.1, 0.15) is 57.4 Å². The van der Waals surface area contributed by atoms with Crippen molar-refractivity contribution >= 4 is 25.0 Å². The van der Waals surface area contributed by atoms with E-state index in [4.69, 9.17) is 23.4 Å². The summed E-state index contributed by atoms with van der Waals surface area (Å²) in [6.45, 7) is 12.9. The van der Waals surface area contributed by atoms with Crippen molar-refractivity contribution in [1.29, 1.82) is 0 Å². The van der Waals surface area contributed by atoms with Gasteiger partial charge >= 0.3 is 0 Å². The van der Waals surface area contributed by atoms with Gasteiger partial charge in [0.05, 0.1) is 57.8 Å². The molecule has 3 aromatic rings. The molecule has 0 heterocycles. The standard InChI is InChI=1S/C31H43NO6Si/c1-20(21-14-12-11-13-15-21)32-27(33)19-25(38-39(9,10)31(2,3)4)22-18-26(36-7)28-23(34-5)16-17-24(35-6)29(28)30(22)37-8/h11-18,20,25H,19H2,1-10H3,(H,32,33)/t20-,25+/m0/s1. The van der Waals surface area contributed by atoms with Gasteiger partial charge < -0.3 is 28.7 Å². The van der Waals surface area contributed by atoms with Gasteiger partial charge in [-0.3, -0.25) is 4.79 Å². The van der Waals surface area contributed by atoms with Gasteiger partial charge in [-0.25, -0.2) is 0 Å². The maximum absolute atomic E-state index is 13.5. The minimum absolute atomic E-state index is 0.0753. The fourth-order valence-corrected chi connectivity index (χ4v) is 5.73. The highest BCUT2D eigenvalue weighted by molar-refractivity contribution is 6.74. The van der Waals surface area contributed by atoms with Crippen molar-refractivity contribution in [2.24, 2.45) is 0 Å². The predicted molar refractivity (Wildman–Crippen MR) is 159 cm³/mol. The summed E-state index contributed by atoms with van der Waals surface area (Å²) in [6, 6.07) is 15.3. The van der Waals surface area contributed by atoms with Crippen LogP contribution in [0.2, 0.25) is 18.1 Å². The second-order valence-electron chi connectivity index (χ2n) is 11.2. The molecule has 3 rings (SSSR count). The Hall–Kier alpha value is -3.23. The summed E-state index contributed by atoms with van der Waals surface area (Å²) in [5, 5.41) is 4.50. The summed E-state index contributed by atoms with van der Waals surface area (Å²) < 4.78 is 30.2. The molecule has 0 spiro atoms. The van der Waals surface area contributed by atoms with Gasteiger partial charge in [-0.05, 0) is 48.8 Å². The number of fused-ring (bicyclic) bond motifs is 1. The Morgan fingerprint density at radius 3 is 1.92 bits per heavy atom. The number of hydrogen-bond donors (Lipinski definition) is 1. The first-order valence-corrected chi connectivity index (χ1v) is 16.1. The molecule has 3 aromatic carbocycles. The largest absolute Gasteiger partial charge is 0.496 e. The molecule has 0 saturated carbocycles. The van der Waals surface area contributed by atoms with E-state index in [9.17, 15) is 4.79 Å². The number of carbonyl (C=O) groups excluding carboxylic acids is 1. The molecule has 0 radical (unpaired) electrons. The second-order valence-corrected chi connectivity index (χ2v) is 15.9. The topological polar surface area (TPSA) is 75.3 Å². The second kappa shape index (κ2) is 12.3. The summed E-state index contributed by atoms with van der Waals surface area (Å²) in [7, 11) is 4.13. The minimum atomic E-state index is -2.32. The first-order chi connectivity index (χ1) is 18.4. The molecule has 0 fully saturated rings. The SMILES string of the molecule is COc1ccc(OC)c2c(OC)c([C@@H](CC(=O)N[C@@H](C)c3ccccc3)O[Si](C)(C)C(C)(C)C)cc(OC)c12. The van der Waals surface area contributed by atoms with E-state index in [0.29, 0.717) is 28.4 Å². The van der Waals surface area contributed by atoms with Crippen LogP contribution in [-0.4, -0.2) is 42.7 Å². The lowest BCUT2D eigenvalue weighted by Gasteiger charge is -2.39. The Balaban J connectivity index is 2.18. The van der Waals surface area contributed by atoms with Gasteiger partial charge in [0.2, 0.25) is 5.91 Å². The molecule has 8 heteroatoms. The number of rotatable bonds is 11. The molecule has 0 bridgehead atoms. The summed E-state index contributed by atoms with van der Waals surface area (Å²) in [4.78, 5) is 13.5. The number of methoxy groups -OCH3 is 4. The summed E-state index contributed by atoms with van der Waals surface area (Å²) in [5.74, 6) is 2.27. The monoisotopic (exact) mass is 553 g/mol. The fourth-order valence-electron chi connectivity index (χ4n) is 4.46. The molecule has 0 saturated heterocycles. The Bertz CT molecular complexity index is 1290. The van der Waals surface area contributed by atoms with Crippen molar-refractivity contribution in [2.75, 3.05) is 28.4 Å². The lowest BCUT2D eigenvalue weighted by Crippen LogP contribution is -2.42. The molecular formula is C31H43NO6Si. The van der Waals surface area contributed by atoms with Gasteiger partial charge in [0, 0.05) is 5.56 Å². The minimum Gasteiger partial charge on any atom is -0.496 e. The Morgan fingerprint density at radius 1 is 0.846 bits per heavy atom. The zero-order valence-corrected chi connectivity index (χ0v) is 25.9. The first-order valence-electron chi connectivity index (χ1n) is 13.2. The van der Waals surface area contributed by atoms with E-state index < -0.39 is 14.4 Å². The summed E-state index contributed by atoms with van der Waals surface area (Å²) >= 11 is 0. The summed E-state index contributed by atoms with van der Waals surface area (Å²) in [5.41, 5.74) is 1.76. The van der Waals surface area contributed by atoms with Crippen LogP contribution in [-0.2, 0) is 9.22 Å². The molecule has 0 aliphatic rings. The third kappa shape index (κ3) is 6.50. The molecule has 1 N–H and O–H groups in total. The van der Waals surface area contributed by atoms with Crippen LogP contribution < -0.4 is 24.3 Å². The molecule has 212 valence electrons. The molecule has 0 unspecified atom stereocenters. The first kappa shape index (κ1) is 30.3. The normalized spacial score (nSPS) is 13.5. The number of carbonyl (C=O) groups is 1. The lowest BCUT2D eigenvalue weighted by atomic mass is 9.97. The highest BCUT2D eigenvalue weighted by Crippen LogP contribution is 2.50. The van der Waals surface area contributed by atoms with Crippen LogP contribution in [0.3, 0.4) is 0 Å². The number of benzene rings is 3. The zero-order valence-electron chi connectivity index (χ0n) is 24.9. The van der Waals surface area contributed by atoms with Gasteiger partial charge in [0.15, 0.2) is 8.32 Å². The van der Waals surface area contributed by atoms with Crippen molar-refractivity contribution in [3.05, 3.63) is 59.7 Å². The number of amides is 1. The molecule has 0 aromatic heterocycles. The van der Waals surface area contributed by atoms with Crippen LogP contribution >= 0.6 is 0 Å². The highest BCUT2D eigenvalue weighted by atomic mass is 28.4. The van der Waals surface area contributed by atoms with E-state index in [1.807, 2.05) is 55.5 Å². The average Bonchev–Trinajstić information content (AvgIpc) is 2.90. The van der Waals surface area contributed by atoms with E-state index in [-0.39, 0.29) is 23.4 Å². The maximum Gasteiger partial charge on any atom is 0.223 e. The number of ether oxygens (including phenoxy) is 4. The van der Waals surface area contributed by atoms with E-state index in [2.05, 4.69) is 39.2 Å². The number of hydrogen-bond acceptors (Lipinski definition) is 6. The lowest BCUT2D eigenvalue weighted by molar-refractivity contribution is -0.123. The Kier molecular flexibility index (Phi) is 9.56. The third-order valence-corrected chi connectivity index (χ3v) is 12.1. The van der Waals surface area contributed by atoms with Crippen molar-refractivity contribution < 1.29 is 28.2 Å². The maximum atomic E-state index is 13.5. The number of nitrogens with one attached hydrogen (secondary N) is 1. The van der Waals surface area contributed by atoms with E-state index >= 15 is 0 Å². The Morgan fingerprint density at radius 2 is 1.41 bits per heavy atom. The van der Waals surface area contributed by atoms with Gasteiger partial charge in [-0.15, -0.1) is 0 Å². The van der Waals surface area contributed by atoms with Gasteiger partial charge in [-0.2, -0.15) is 0 Å². The van der Waals surface area contributed by atoms with Crippen LogP contribution in [0.4, 0.5) is 0 Å². The van der Waals surface area contributed by atoms with Crippen LogP contribution in [0.5, 0.6) is 23.0 Å². The van der Waals surface area contributed by atoms with Crippen molar-refractivity contribution in [1.82, 2.24) is 5.32 Å². The molecule has 1 amide bonds. The van der Waals surface area contributed by atoms with Gasteiger partial charge in [0.1, 0.15) is 23.0 Å². The molecule has 7 nitrogen and oxygen atoms in total. The quantitative estimate of drug-likeness (QED) is 0.253. The average molecular weight is 554 g/mol. The third-order valence-electron chi connectivity index (χ3n) is 7.65. The Labute approximate surface area is 233 Å². The summed E-state index contributed by atoms with van der Waals surface area (Å²) in [6.07, 6.45) is -0.473.